The van der Waals surface area contributed by atoms with E-state index in [9.17, 15) is 0 Å². The van der Waals surface area contributed by atoms with E-state index in [2.05, 4.69) is 48.1 Å². The van der Waals surface area contributed by atoms with Crippen LogP contribution >= 0.6 is 24.0 Å². The Kier molecular flexibility index (Phi) is 5.16. The highest BCUT2D eigenvalue weighted by Gasteiger charge is 2.02. The molecule has 0 fully saturated rings. The minimum Gasteiger partial charge on any atom is -0.346 e. The first-order valence-electron chi connectivity index (χ1n) is 6.46. The van der Waals surface area contributed by atoms with Crippen molar-refractivity contribution in [1.82, 2.24) is 9.97 Å². The molecule has 1 aromatic carbocycles. The molecule has 2 aromatic rings. The predicted octanol–water partition coefficient (Wildman–Crippen LogP) is 4.69. The topological polar surface area (TPSA) is 28.7 Å². The van der Waals surface area contributed by atoms with Gasteiger partial charge in [-0.2, -0.15) is 0 Å². The number of rotatable bonds is 5. The fourth-order valence-electron chi connectivity index (χ4n) is 1.90. The summed E-state index contributed by atoms with van der Waals surface area (Å²) in [7, 11) is 0. The van der Waals surface area contributed by atoms with E-state index < -0.39 is 0 Å². The van der Waals surface area contributed by atoms with Crippen molar-refractivity contribution in [3.8, 4) is 0 Å². The van der Waals surface area contributed by atoms with Gasteiger partial charge in [-0.05, 0) is 31.0 Å². The number of nitrogens with zero attached hydrogens (tertiary/aromatic N) is 1. The van der Waals surface area contributed by atoms with E-state index in [0.717, 1.165) is 24.4 Å². The van der Waals surface area contributed by atoms with Crippen LogP contribution in [0.5, 0.6) is 0 Å². The van der Waals surface area contributed by atoms with Crippen molar-refractivity contribution in [2.45, 2.75) is 37.3 Å². The van der Waals surface area contributed by atoms with Gasteiger partial charge in [0.15, 0.2) is 0 Å². The first kappa shape index (κ1) is 14.3. The first-order valence-corrected chi connectivity index (χ1v) is 7.86. The van der Waals surface area contributed by atoms with Gasteiger partial charge in [0.05, 0.1) is 5.75 Å². The summed E-state index contributed by atoms with van der Waals surface area (Å²) in [5, 5.41) is 0. The number of aromatic nitrogens is 2. The van der Waals surface area contributed by atoms with E-state index in [1.54, 1.807) is 11.8 Å². The molecule has 100 valence electrons. The smallest absolute Gasteiger partial charge is 0.130 e. The van der Waals surface area contributed by atoms with Gasteiger partial charge in [-0.3, -0.25) is 0 Å². The highest BCUT2D eigenvalue weighted by Crippen LogP contribution is 2.24. The zero-order valence-corrected chi connectivity index (χ0v) is 12.9. The molecule has 0 amide bonds. The first-order chi connectivity index (χ1) is 9.19. The van der Waals surface area contributed by atoms with Crippen molar-refractivity contribution in [2.75, 3.05) is 0 Å². The Balaban J connectivity index is 2.11. The molecule has 2 nitrogen and oxygen atoms in total. The lowest BCUT2D eigenvalue weighted by atomic mass is 10.2. The maximum absolute atomic E-state index is 5.22. The Morgan fingerprint density at radius 1 is 1.32 bits per heavy atom. The maximum Gasteiger partial charge on any atom is 0.130 e. The summed E-state index contributed by atoms with van der Waals surface area (Å²) >= 11 is 7.01. The number of hydrogen-bond donors (Lipinski definition) is 1. The third-order valence-corrected chi connectivity index (χ3v) is 4.22. The largest absolute Gasteiger partial charge is 0.346 e. The summed E-state index contributed by atoms with van der Waals surface area (Å²) in [6.07, 6.45) is 2.13. The Labute approximate surface area is 123 Å². The highest BCUT2D eigenvalue weighted by atomic mass is 32.2. The lowest BCUT2D eigenvalue weighted by Gasteiger charge is -2.07. The molecule has 1 heterocycles. The quantitative estimate of drug-likeness (QED) is 0.639. The molecule has 0 saturated carbocycles. The van der Waals surface area contributed by atoms with Crippen LogP contribution in [0, 0.1) is 11.6 Å². The molecule has 0 bridgehead atoms. The van der Waals surface area contributed by atoms with Gasteiger partial charge in [0.1, 0.15) is 10.5 Å². The number of benzene rings is 1. The van der Waals surface area contributed by atoms with Gasteiger partial charge in [0.2, 0.25) is 0 Å². The number of nitrogens with one attached hydrogen (secondary N) is 1. The minimum atomic E-state index is 0.683. The number of aryl methyl sites for hydroxylation is 2. The van der Waals surface area contributed by atoms with Crippen molar-refractivity contribution in [3.05, 3.63) is 52.1 Å². The maximum atomic E-state index is 5.22. The van der Waals surface area contributed by atoms with Crippen molar-refractivity contribution in [1.29, 1.82) is 0 Å². The van der Waals surface area contributed by atoms with Crippen LogP contribution in [0.1, 0.15) is 30.4 Å². The van der Waals surface area contributed by atoms with Crippen molar-refractivity contribution >= 4 is 24.0 Å². The lowest BCUT2D eigenvalue weighted by molar-refractivity contribution is 0.850. The molecule has 0 spiro atoms. The molecule has 0 saturated heterocycles. The van der Waals surface area contributed by atoms with Crippen molar-refractivity contribution < 1.29 is 0 Å². The molecule has 4 heteroatoms. The van der Waals surface area contributed by atoms with E-state index in [0.29, 0.717) is 4.64 Å². The average Bonchev–Trinajstić information content (AvgIpc) is 2.37. The van der Waals surface area contributed by atoms with Gasteiger partial charge in [-0.15, -0.1) is 11.8 Å². The third kappa shape index (κ3) is 4.18. The van der Waals surface area contributed by atoms with Crippen LogP contribution < -0.4 is 0 Å². The fraction of sp³-hybridized carbons (Fsp3) is 0.333. The van der Waals surface area contributed by atoms with Crippen LogP contribution in [0.15, 0.2) is 35.2 Å². The Hall–Kier alpha value is -1.13. The molecule has 0 unspecified atom stereocenters. The summed E-state index contributed by atoms with van der Waals surface area (Å²) in [5.41, 5.74) is 2.48. The molecule has 2 rings (SSSR count). The Morgan fingerprint density at radius 2 is 2.11 bits per heavy atom. The van der Waals surface area contributed by atoms with Crippen LogP contribution in [-0.4, -0.2) is 9.97 Å². The SMILES string of the molecule is CCCc1cc(=S)nc(CSc2ccccc2C)[nH]1. The van der Waals surface area contributed by atoms with Gasteiger partial charge in [0, 0.05) is 10.6 Å². The second-order valence-electron chi connectivity index (χ2n) is 4.50. The van der Waals surface area contributed by atoms with E-state index in [-0.39, 0.29) is 0 Å². The summed E-state index contributed by atoms with van der Waals surface area (Å²) < 4.78 is 0.683. The van der Waals surface area contributed by atoms with E-state index >= 15 is 0 Å². The van der Waals surface area contributed by atoms with Crippen LogP contribution in [-0.2, 0) is 12.2 Å². The second kappa shape index (κ2) is 6.87. The zero-order chi connectivity index (χ0) is 13.7. The number of thioether (sulfide) groups is 1. The summed E-state index contributed by atoms with van der Waals surface area (Å²) in [4.78, 5) is 9.07. The second-order valence-corrected chi connectivity index (χ2v) is 5.93. The van der Waals surface area contributed by atoms with E-state index in [4.69, 9.17) is 12.2 Å². The molecule has 0 atom stereocenters. The summed E-state index contributed by atoms with van der Waals surface area (Å²) in [5.74, 6) is 1.79. The molecular formula is C15H18N2S2. The monoisotopic (exact) mass is 290 g/mol. The molecule has 1 N–H and O–H groups in total. The van der Waals surface area contributed by atoms with Crippen molar-refractivity contribution in [2.24, 2.45) is 0 Å². The zero-order valence-electron chi connectivity index (χ0n) is 11.3. The molecular weight excluding hydrogens is 272 g/mol. The molecule has 0 aliphatic carbocycles. The molecule has 0 aliphatic heterocycles. The van der Waals surface area contributed by atoms with E-state index in [1.165, 1.54) is 16.2 Å². The molecule has 1 aromatic heterocycles. The number of hydrogen-bond acceptors (Lipinski definition) is 3. The number of aromatic amines is 1. The fourth-order valence-corrected chi connectivity index (χ4v) is 3.05. The summed E-state index contributed by atoms with van der Waals surface area (Å²) in [6, 6.07) is 10.4. The van der Waals surface area contributed by atoms with Crippen LogP contribution in [0.2, 0.25) is 0 Å². The van der Waals surface area contributed by atoms with Crippen LogP contribution in [0.3, 0.4) is 0 Å². The van der Waals surface area contributed by atoms with Gasteiger partial charge < -0.3 is 4.98 Å². The number of H-pyrrole nitrogens is 1. The van der Waals surface area contributed by atoms with E-state index in [1.807, 2.05) is 6.07 Å². The highest BCUT2D eigenvalue weighted by molar-refractivity contribution is 7.98. The van der Waals surface area contributed by atoms with Gasteiger partial charge in [-0.1, -0.05) is 43.8 Å². The van der Waals surface area contributed by atoms with Crippen LogP contribution in [0.25, 0.3) is 0 Å². The minimum absolute atomic E-state index is 0.683. The third-order valence-electron chi connectivity index (χ3n) is 2.83. The molecule has 0 aliphatic rings. The average molecular weight is 290 g/mol. The molecule has 0 radical (unpaired) electrons. The normalized spacial score (nSPS) is 10.6. The van der Waals surface area contributed by atoms with Gasteiger partial charge in [0.25, 0.3) is 0 Å². The predicted molar refractivity (Wildman–Crippen MR) is 84.2 cm³/mol. The Bertz CT molecular complexity index is 605. The van der Waals surface area contributed by atoms with Crippen LogP contribution in [0.4, 0.5) is 0 Å². The van der Waals surface area contributed by atoms with Gasteiger partial charge >= 0.3 is 0 Å². The molecule has 19 heavy (non-hydrogen) atoms. The van der Waals surface area contributed by atoms with Gasteiger partial charge in [-0.25, -0.2) is 4.98 Å². The lowest BCUT2D eigenvalue weighted by Crippen LogP contribution is -1.98. The standard InChI is InChI=1S/C15H18N2S2/c1-3-6-12-9-15(18)17-14(16-12)10-19-13-8-5-4-7-11(13)2/h4-5,7-9H,3,6,10H2,1-2H3,(H,16,17,18). The Morgan fingerprint density at radius 3 is 2.84 bits per heavy atom. The summed E-state index contributed by atoms with van der Waals surface area (Å²) in [6.45, 7) is 4.30. The van der Waals surface area contributed by atoms with Crippen molar-refractivity contribution in [3.63, 3.8) is 0 Å².